The Bertz CT molecular complexity index is 404. The quantitative estimate of drug-likeness (QED) is 0.511. The molecule has 0 N–H and O–H groups in total. The summed E-state index contributed by atoms with van der Waals surface area (Å²) in [5.41, 5.74) is 3.30. The summed E-state index contributed by atoms with van der Waals surface area (Å²) >= 11 is 0. The van der Waals surface area contributed by atoms with Crippen molar-refractivity contribution in [1.82, 2.24) is 0 Å². The van der Waals surface area contributed by atoms with Gasteiger partial charge in [0.05, 0.1) is 12.2 Å². The van der Waals surface area contributed by atoms with E-state index in [1.165, 1.54) is 11.1 Å². The van der Waals surface area contributed by atoms with Gasteiger partial charge in [0, 0.05) is 5.92 Å². The van der Waals surface area contributed by atoms with E-state index >= 15 is 0 Å². The minimum absolute atomic E-state index is 0.219. The smallest absolute Gasteiger partial charge is 0.0977 e. The van der Waals surface area contributed by atoms with E-state index < -0.39 is 0 Å². The van der Waals surface area contributed by atoms with Crippen LogP contribution in [0.3, 0.4) is 0 Å². The molecule has 0 spiro atoms. The van der Waals surface area contributed by atoms with Crippen LogP contribution in [0.1, 0.15) is 58.1 Å². The summed E-state index contributed by atoms with van der Waals surface area (Å²) in [5, 5.41) is 0. The first-order valence-corrected chi connectivity index (χ1v) is 6.92. The molecule has 0 aliphatic heterocycles. The standard InChI is InChI=1S/C17H26O2/c1-7-17(5,6)19-18-12-14(4)16-10-8-15(9-11-16)13(2)3/h8-11,14H,2,7,12H2,1,3-6H3. The lowest BCUT2D eigenvalue weighted by Crippen LogP contribution is -2.24. The number of hydrogen-bond donors (Lipinski definition) is 0. The van der Waals surface area contributed by atoms with Gasteiger partial charge in [-0.2, -0.15) is 0 Å². The van der Waals surface area contributed by atoms with Gasteiger partial charge in [-0.1, -0.05) is 50.3 Å². The lowest BCUT2D eigenvalue weighted by Gasteiger charge is -2.22. The molecule has 1 unspecified atom stereocenters. The van der Waals surface area contributed by atoms with Crippen LogP contribution in [0.5, 0.6) is 0 Å². The van der Waals surface area contributed by atoms with E-state index in [9.17, 15) is 0 Å². The van der Waals surface area contributed by atoms with Gasteiger partial charge in [-0.3, -0.25) is 0 Å². The lowest BCUT2D eigenvalue weighted by atomic mass is 9.99. The fraction of sp³-hybridized carbons (Fsp3) is 0.529. The van der Waals surface area contributed by atoms with Crippen molar-refractivity contribution in [3.63, 3.8) is 0 Å². The zero-order valence-electron chi connectivity index (χ0n) is 12.8. The van der Waals surface area contributed by atoms with Gasteiger partial charge in [-0.05, 0) is 38.3 Å². The number of benzene rings is 1. The number of hydrogen-bond acceptors (Lipinski definition) is 2. The summed E-state index contributed by atoms with van der Waals surface area (Å²) in [6.07, 6.45) is 0.925. The highest BCUT2D eigenvalue weighted by Crippen LogP contribution is 2.21. The van der Waals surface area contributed by atoms with Crippen LogP contribution in [-0.2, 0) is 9.78 Å². The zero-order chi connectivity index (χ0) is 14.5. The van der Waals surface area contributed by atoms with Gasteiger partial charge >= 0.3 is 0 Å². The van der Waals surface area contributed by atoms with Gasteiger partial charge in [-0.25, -0.2) is 9.78 Å². The van der Waals surface area contributed by atoms with Crippen LogP contribution < -0.4 is 0 Å². The minimum atomic E-state index is -0.219. The molecule has 0 heterocycles. The summed E-state index contributed by atoms with van der Waals surface area (Å²) < 4.78 is 0. The Morgan fingerprint density at radius 1 is 1.26 bits per heavy atom. The van der Waals surface area contributed by atoms with Crippen molar-refractivity contribution in [3.8, 4) is 0 Å². The summed E-state index contributed by atoms with van der Waals surface area (Å²) in [6.45, 7) is 14.8. The maximum absolute atomic E-state index is 5.42. The number of rotatable bonds is 7. The molecule has 1 atom stereocenters. The molecule has 0 fully saturated rings. The molecular weight excluding hydrogens is 236 g/mol. The van der Waals surface area contributed by atoms with E-state index in [1.54, 1.807) is 0 Å². The molecule has 106 valence electrons. The first-order valence-electron chi connectivity index (χ1n) is 6.92. The van der Waals surface area contributed by atoms with E-state index in [4.69, 9.17) is 9.78 Å². The van der Waals surface area contributed by atoms with Gasteiger partial charge < -0.3 is 0 Å². The average molecular weight is 262 g/mol. The first-order chi connectivity index (χ1) is 8.85. The van der Waals surface area contributed by atoms with Crippen molar-refractivity contribution in [2.45, 2.75) is 52.6 Å². The molecule has 19 heavy (non-hydrogen) atoms. The van der Waals surface area contributed by atoms with Crippen molar-refractivity contribution in [2.24, 2.45) is 0 Å². The monoisotopic (exact) mass is 262 g/mol. The van der Waals surface area contributed by atoms with Gasteiger partial charge in [0.15, 0.2) is 0 Å². The third kappa shape index (κ3) is 5.17. The highest BCUT2D eigenvalue weighted by molar-refractivity contribution is 5.61. The van der Waals surface area contributed by atoms with Crippen LogP contribution >= 0.6 is 0 Å². The summed E-state index contributed by atoms with van der Waals surface area (Å²) in [6, 6.07) is 8.46. The van der Waals surface area contributed by atoms with Crippen LogP contribution in [0.25, 0.3) is 5.57 Å². The second-order valence-corrected chi connectivity index (χ2v) is 5.78. The van der Waals surface area contributed by atoms with Crippen LogP contribution in [0.4, 0.5) is 0 Å². The van der Waals surface area contributed by atoms with Crippen LogP contribution in [0.2, 0.25) is 0 Å². The minimum Gasteiger partial charge on any atom is -0.236 e. The van der Waals surface area contributed by atoms with Gasteiger partial charge in [-0.15, -0.1) is 0 Å². The van der Waals surface area contributed by atoms with E-state index in [0.29, 0.717) is 12.5 Å². The predicted octanol–water partition coefficient (Wildman–Crippen LogP) is 4.96. The normalized spacial score (nSPS) is 13.3. The third-order valence-electron chi connectivity index (χ3n) is 3.43. The Hall–Kier alpha value is -1.12. The fourth-order valence-corrected chi connectivity index (χ4v) is 1.55. The Morgan fingerprint density at radius 3 is 2.32 bits per heavy atom. The molecule has 2 heteroatoms. The molecule has 0 saturated heterocycles. The van der Waals surface area contributed by atoms with E-state index in [1.807, 2.05) is 20.8 Å². The van der Waals surface area contributed by atoms with Crippen molar-refractivity contribution < 1.29 is 9.78 Å². The molecule has 1 aromatic rings. The van der Waals surface area contributed by atoms with Gasteiger partial charge in [0.25, 0.3) is 0 Å². The maximum Gasteiger partial charge on any atom is 0.0977 e. The Kier molecular flexibility index (Phi) is 5.77. The molecule has 0 radical (unpaired) electrons. The molecule has 0 aliphatic carbocycles. The zero-order valence-corrected chi connectivity index (χ0v) is 12.8. The van der Waals surface area contributed by atoms with E-state index in [2.05, 4.69) is 44.7 Å². The fourth-order valence-electron chi connectivity index (χ4n) is 1.55. The number of allylic oxidation sites excluding steroid dienone is 1. The average Bonchev–Trinajstić information content (AvgIpc) is 2.38. The second kappa shape index (κ2) is 6.88. The van der Waals surface area contributed by atoms with Gasteiger partial charge in [0.2, 0.25) is 0 Å². The SMILES string of the molecule is C=C(C)c1ccc(C(C)COOC(C)(C)CC)cc1. The Morgan fingerprint density at radius 2 is 1.84 bits per heavy atom. The van der Waals surface area contributed by atoms with E-state index in [0.717, 1.165) is 12.0 Å². The van der Waals surface area contributed by atoms with Gasteiger partial charge in [0.1, 0.15) is 0 Å². The van der Waals surface area contributed by atoms with Crippen LogP contribution in [0, 0.1) is 0 Å². The highest BCUT2D eigenvalue weighted by Gasteiger charge is 2.17. The van der Waals surface area contributed by atoms with Crippen molar-refractivity contribution >= 4 is 5.57 Å². The molecule has 2 nitrogen and oxygen atoms in total. The molecular formula is C17H26O2. The third-order valence-corrected chi connectivity index (χ3v) is 3.43. The highest BCUT2D eigenvalue weighted by atomic mass is 17.2. The topological polar surface area (TPSA) is 18.5 Å². The molecule has 0 aromatic heterocycles. The predicted molar refractivity (Wildman–Crippen MR) is 81.0 cm³/mol. The molecule has 0 saturated carbocycles. The largest absolute Gasteiger partial charge is 0.236 e. The Labute approximate surface area is 117 Å². The Balaban J connectivity index is 2.49. The van der Waals surface area contributed by atoms with Crippen molar-refractivity contribution in [3.05, 3.63) is 42.0 Å². The lowest BCUT2D eigenvalue weighted by molar-refractivity contribution is -0.355. The molecule has 0 bridgehead atoms. The molecule has 1 rings (SSSR count). The summed E-state index contributed by atoms with van der Waals surface area (Å²) in [4.78, 5) is 10.8. The van der Waals surface area contributed by atoms with Crippen molar-refractivity contribution in [1.29, 1.82) is 0 Å². The van der Waals surface area contributed by atoms with Crippen LogP contribution in [0.15, 0.2) is 30.8 Å². The van der Waals surface area contributed by atoms with Crippen molar-refractivity contribution in [2.75, 3.05) is 6.61 Å². The molecule has 1 aromatic carbocycles. The summed E-state index contributed by atoms with van der Waals surface area (Å²) in [7, 11) is 0. The van der Waals surface area contributed by atoms with E-state index in [-0.39, 0.29) is 5.60 Å². The molecule has 0 amide bonds. The first kappa shape index (κ1) is 15.9. The summed E-state index contributed by atoms with van der Waals surface area (Å²) in [5.74, 6) is 0.312. The molecule has 0 aliphatic rings. The maximum atomic E-state index is 5.42. The second-order valence-electron chi connectivity index (χ2n) is 5.78. The van der Waals surface area contributed by atoms with Crippen LogP contribution in [-0.4, -0.2) is 12.2 Å².